The van der Waals surface area contributed by atoms with Crippen molar-refractivity contribution in [3.63, 3.8) is 0 Å². The van der Waals surface area contributed by atoms with Gasteiger partial charge in [-0.2, -0.15) is 13.2 Å². The molecule has 1 saturated heterocycles. The number of hydrogen-bond acceptors (Lipinski definition) is 7. The Morgan fingerprint density at radius 3 is 2.39 bits per heavy atom. The Morgan fingerprint density at radius 1 is 1.29 bits per heavy atom. The topological polar surface area (TPSA) is 120 Å². The number of carboxylic acids is 1. The van der Waals surface area contributed by atoms with Crippen molar-refractivity contribution in [2.75, 3.05) is 27.3 Å². The van der Waals surface area contributed by atoms with Crippen LogP contribution < -0.4 is 20.5 Å². The van der Waals surface area contributed by atoms with Crippen LogP contribution in [0.15, 0.2) is 18.5 Å². The minimum absolute atomic E-state index is 0.108. The Kier molecular flexibility index (Phi) is 6.97. The lowest BCUT2D eigenvalue weighted by molar-refractivity contribution is -0.192. The van der Waals surface area contributed by atoms with Gasteiger partial charge in [-0.05, 0) is 31.5 Å². The van der Waals surface area contributed by atoms with Gasteiger partial charge in [0.2, 0.25) is 0 Å². The van der Waals surface area contributed by atoms with Crippen LogP contribution in [-0.4, -0.2) is 54.5 Å². The summed E-state index contributed by atoms with van der Waals surface area (Å²) in [5.74, 6) is -1.03. The maximum absolute atomic E-state index is 10.6. The van der Waals surface area contributed by atoms with Crippen LogP contribution in [0.25, 0.3) is 10.9 Å². The van der Waals surface area contributed by atoms with E-state index in [1.54, 1.807) is 20.5 Å². The number of fused-ring (bicyclic) bond motifs is 1. The van der Waals surface area contributed by atoms with Crippen LogP contribution in [0.2, 0.25) is 0 Å². The van der Waals surface area contributed by atoms with Gasteiger partial charge < -0.3 is 25.6 Å². The average molecular weight is 402 g/mol. The first-order chi connectivity index (χ1) is 13.2. The van der Waals surface area contributed by atoms with Gasteiger partial charge in [0.05, 0.1) is 31.5 Å². The van der Waals surface area contributed by atoms with Crippen molar-refractivity contribution < 1.29 is 32.5 Å². The van der Waals surface area contributed by atoms with E-state index < -0.39 is 12.1 Å². The Bertz CT molecular complexity index is 826. The second-order valence-corrected chi connectivity index (χ2v) is 6.06. The van der Waals surface area contributed by atoms with Crippen LogP contribution >= 0.6 is 0 Å². The Morgan fingerprint density at radius 2 is 1.89 bits per heavy atom. The summed E-state index contributed by atoms with van der Waals surface area (Å²) < 4.78 is 42.4. The van der Waals surface area contributed by atoms with Gasteiger partial charge in [0.15, 0.2) is 11.5 Å². The number of nitrogens with two attached hydrogens (primary N) is 1. The van der Waals surface area contributed by atoms with Gasteiger partial charge in [-0.1, -0.05) is 0 Å². The first-order valence-corrected chi connectivity index (χ1v) is 8.32. The number of hydrogen-bond donors (Lipinski definition) is 3. The fourth-order valence-electron chi connectivity index (χ4n) is 2.88. The fraction of sp³-hybridized carbons (Fsp3) is 0.471. The largest absolute Gasteiger partial charge is 0.493 e. The molecule has 1 aliphatic rings. The highest BCUT2D eigenvalue weighted by Crippen LogP contribution is 2.35. The van der Waals surface area contributed by atoms with E-state index in [1.165, 1.54) is 0 Å². The SMILES string of the molecule is COc1cc2ncnc(C(N)C3CCNC3)c2cc1OC.O=C(O)C(F)(F)F. The van der Waals surface area contributed by atoms with Crippen LogP contribution in [0.1, 0.15) is 18.2 Å². The molecule has 0 aliphatic carbocycles. The first-order valence-electron chi connectivity index (χ1n) is 8.32. The van der Waals surface area contributed by atoms with Crippen LogP contribution in [0.5, 0.6) is 11.5 Å². The number of methoxy groups -OCH3 is 2. The molecule has 2 atom stereocenters. The van der Waals surface area contributed by atoms with Crippen LogP contribution in [0.4, 0.5) is 13.2 Å². The first kappa shape index (κ1) is 21.6. The number of benzene rings is 1. The van der Waals surface area contributed by atoms with Gasteiger partial charge in [-0.15, -0.1) is 0 Å². The number of aliphatic carboxylic acids is 1. The highest BCUT2D eigenvalue weighted by atomic mass is 19.4. The zero-order valence-electron chi connectivity index (χ0n) is 15.3. The lowest BCUT2D eigenvalue weighted by Crippen LogP contribution is -2.24. The summed E-state index contributed by atoms with van der Waals surface area (Å²) in [5, 5.41) is 11.4. The van der Waals surface area contributed by atoms with Gasteiger partial charge in [-0.3, -0.25) is 0 Å². The Balaban J connectivity index is 0.000000345. The normalized spacial score (nSPS) is 17.6. The van der Waals surface area contributed by atoms with Gasteiger partial charge in [0.25, 0.3) is 0 Å². The van der Waals surface area contributed by atoms with Gasteiger partial charge >= 0.3 is 12.1 Å². The Labute approximate surface area is 158 Å². The number of nitrogens with one attached hydrogen (secondary N) is 1. The average Bonchev–Trinajstić information content (AvgIpc) is 3.20. The minimum atomic E-state index is -5.08. The quantitative estimate of drug-likeness (QED) is 0.709. The number of rotatable bonds is 4. The smallest absolute Gasteiger partial charge is 0.490 e. The number of aromatic nitrogens is 2. The third-order valence-electron chi connectivity index (χ3n) is 4.34. The van der Waals surface area contributed by atoms with E-state index in [0.717, 1.165) is 36.1 Å². The molecule has 2 heterocycles. The van der Waals surface area contributed by atoms with Crippen molar-refractivity contribution in [1.82, 2.24) is 15.3 Å². The zero-order chi connectivity index (χ0) is 20.9. The molecule has 0 amide bonds. The monoisotopic (exact) mass is 402 g/mol. The maximum Gasteiger partial charge on any atom is 0.490 e. The molecule has 8 nitrogen and oxygen atoms in total. The second-order valence-electron chi connectivity index (χ2n) is 6.06. The van der Waals surface area contributed by atoms with Crippen molar-refractivity contribution in [3.8, 4) is 11.5 Å². The van der Waals surface area contributed by atoms with Crippen molar-refractivity contribution in [1.29, 1.82) is 0 Å². The van der Waals surface area contributed by atoms with E-state index in [2.05, 4.69) is 15.3 Å². The molecule has 11 heteroatoms. The van der Waals surface area contributed by atoms with E-state index in [-0.39, 0.29) is 6.04 Å². The number of carbonyl (C=O) groups is 1. The molecule has 0 saturated carbocycles. The van der Waals surface area contributed by atoms with Crippen LogP contribution in [0.3, 0.4) is 0 Å². The molecule has 28 heavy (non-hydrogen) atoms. The molecule has 0 spiro atoms. The molecular weight excluding hydrogens is 381 g/mol. The van der Waals surface area contributed by atoms with Crippen LogP contribution in [0, 0.1) is 5.92 Å². The molecule has 4 N–H and O–H groups in total. The third-order valence-corrected chi connectivity index (χ3v) is 4.34. The van der Waals surface area contributed by atoms with Gasteiger partial charge in [0.1, 0.15) is 6.33 Å². The summed E-state index contributed by atoms with van der Waals surface area (Å²) in [5.41, 5.74) is 8.11. The molecule has 1 fully saturated rings. The van der Waals surface area contributed by atoms with Crippen molar-refractivity contribution >= 4 is 16.9 Å². The lowest BCUT2D eigenvalue weighted by Gasteiger charge is -2.19. The maximum atomic E-state index is 10.6. The number of alkyl halides is 3. The lowest BCUT2D eigenvalue weighted by atomic mass is 9.94. The second kappa shape index (κ2) is 9.02. The number of nitrogens with zero attached hydrogens (tertiary/aromatic N) is 2. The number of carboxylic acid groups (broad SMARTS) is 1. The highest BCUT2D eigenvalue weighted by Gasteiger charge is 2.38. The summed E-state index contributed by atoms with van der Waals surface area (Å²) in [6, 6.07) is 3.66. The molecule has 0 radical (unpaired) electrons. The zero-order valence-corrected chi connectivity index (χ0v) is 15.3. The highest BCUT2D eigenvalue weighted by molar-refractivity contribution is 5.85. The molecule has 154 valence electrons. The molecule has 2 aromatic rings. The predicted octanol–water partition coefficient (Wildman–Crippen LogP) is 1.89. The minimum Gasteiger partial charge on any atom is -0.493 e. The molecule has 1 aliphatic heterocycles. The van der Waals surface area contributed by atoms with E-state index in [4.69, 9.17) is 25.1 Å². The molecule has 3 rings (SSSR count). The summed E-state index contributed by atoms with van der Waals surface area (Å²) in [7, 11) is 3.23. The molecule has 0 bridgehead atoms. The predicted molar refractivity (Wildman–Crippen MR) is 94.2 cm³/mol. The molecular formula is C17H21F3N4O4. The van der Waals surface area contributed by atoms with E-state index >= 15 is 0 Å². The van der Waals surface area contributed by atoms with E-state index in [0.29, 0.717) is 17.4 Å². The van der Waals surface area contributed by atoms with Gasteiger partial charge in [0, 0.05) is 11.5 Å². The number of halogens is 3. The van der Waals surface area contributed by atoms with Gasteiger partial charge in [-0.25, -0.2) is 14.8 Å². The summed E-state index contributed by atoms with van der Waals surface area (Å²) in [4.78, 5) is 17.6. The standard InChI is InChI=1S/C15H20N4O2.C2HF3O2/c1-20-12-5-10-11(6-13(12)21-2)18-8-19-15(10)14(16)9-3-4-17-7-9;3-2(4,5)1(6)7/h5-6,8-9,14,17H,3-4,7,16H2,1-2H3;(H,6,7). The number of ether oxygens (including phenoxy) is 2. The summed E-state index contributed by atoms with van der Waals surface area (Å²) in [6.45, 7) is 1.94. The van der Waals surface area contributed by atoms with Crippen molar-refractivity contribution in [3.05, 3.63) is 24.2 Å². The van der Waals surface area contributed by atoms with Crippen molar-refractivity contribution in [2.24, 2.45) is 11.7 Å². The van der Waals surface area contributed by atoms with Crippen LogP contribution in [-0.2, 0) is 4.79 Å². The van der Waals surface area contributed by atoms with E-state index in [1.807, 2.05) is 12.1 Å². The van der Waals surface area contributed by atoms with E-state index in [9.17, 15) is 13.2 Å². The Hall–Kier alpha value is -2.66. The molecule has 1 aromatic heterocycles. The molecule has 2 unspecified atom stereocenters. The summed E-state index contributed by atoms with van der Waals surface area (Å²) >= 11 is 0. The van der Waals surface area contributed by atoms with Crippen molar-refractivity contribution in [2.45, 2.75) is 18.6 Å². The summed E-state index contributed by atoms with van der Waals surface area (Å²) in [6.07, 6.45) is -2.45. The fourth-order valence-corrected chi connectivity index (χ4v) is 2.88. The third kappa shape index (κ3) is 4.98. The molecule has 1 aromatic carbocycles.